The number of carbonyl (C=O) groups is 3. The van der Waals surface area contributed by atoms with Gasteiger partial charge in [-0.25, -0.2) is 4.79 Å². The summed E-state index contributed by atoms with van der Waals surface area (Å²) in [6, 6.07) is 16.5. The van der Waals surface area contributed by atoms with Crippen LogP contribution in [0.25, 0.3) is 0 Å². The molecule has 2 aromatic rings. The first kappa shape index (κ1) is 24.6. The van der Waals surface area contributed by atoms with Gasteiger partial charge in [0.25, 0.3) is 5.91 Å². The van der Waals surface area contributed by atoms with E-state index in [0.717, 1.165) is 29.0 Å². The van der Waals surface area contributed by atoms with E-state index < -0.39 is 17.8 Å². The number of carbonyl (C=O) groups excluding carboxylic acids is 3. The van der Waals surface area contributed by atoms with Crippen LogP contribution >= 0.6 is 15.9 Å². The van der Waals surface area contributed by atoms with Gasteiger partial charge in [0.15, 0.2) is 0 Å². The molecule has 0 spiro atoms. The van der Waals surface area contributed by atoms with E-state index in [0.29, 0.717) is 12.0 Å². The molecule has 7 nitrogen and oxygen atoms in total. The van der Waals surface area contributed by atoms with Gasteiger partial charge in [0.1, 0.15) is 0 Å². The molecule has 0 unspecified atom stereocenters. The van der Waals surface area contributed by atoms with Crippen LogP contribution in [0.2, 0.25) is 0 Å². The smallest absolute Gasteiger partial charge is 0.363 e. The molecule has 0 saturated heterocycles. The van der Waals surface area contributed by atoms with Gasteiger partial charge in [-0.3, -0.25) is 9.59 Å². The van der Waals surface area contributed by atoms with Gasteiger partial charge in [-0.2, -0.15) is 5.06 Å². The lowest BCUT2D eigenvalue weighted by molar-refractivity contribution is -0.168. The number of amides is 1. The highest BCUT2D eigenvalue weighted by molar-refractivity contribution is 9.10. The summed E-state index contributed by atoms with van der Waals surface area (Å²) in [5, 5.41) is 4.40. The van der Waals surface area contributed by atoms with Gasteiger partial charge in [0.05, 0.1) is 25.6 Å². The maximum atomic E-state index is 12.5. The predicted octanol–water partition coefficient (Wildman–Crippen LogP) is 3.87. The summed E-state index contributed by atoms with van der Waals surface area (Å²) in [6.07, 6.45) is 1.28. The molecule has 2 aromatic carbocycles. The van der Waals surface area contributed by atoms with Crippen LogP contribution in [0.1, 0.15) is 41.6 Å². The number of nitrogens with zero attached hydrogens (tertiary/aromatic N) is 1. The van der Waals surface area contributed by atoms with Crippen LogP contribution in [0.15, 0.2) is 59.1 Å². The number of halogens is 1. The Morgan fingerprint density at radius 1 is 0.968 bits per heavy atom. The van der Waals surface area contributed by atoms with Crippen molar-refractivity contribution in [2.45, 2.75) is 32.2 Å². The molecule has 0 aliphatic carbocycles. The fourth-order valence-corrected chi connectivity index (χ4v) is 2.99. The molecule has 31 heavy (non-hydrogen) atoms. The molecular weight excluding hydrogens is 464 g/mol. The topological polar surface area (TPSA) is 84.9 Å². The molecular formula is C23H27BrN2O5. The summed E-state index contributed by atoms with van der Waals surface area (Å²) in [4.78, 5) is 41.5. The van der Waals surface area contributed by atoms with Crippen LogP contribution in [0.4, 0.5) is 0 Å². The van der Waals surface area contributed by atoms with Crippen LogP contribution < -0.4 is 5.32 Å². The molecule has 2 rings (SSSR count). The zero-order valence-corrected chi connectivity index (χ0v) is 19.1. The number of esters is 1. The Balaban J connectivity index is 1.81. The Kier molecular flexibility index (Phi) is 10.7. The van der Waals surface area contributed by atoms with Crippen molar-refractivity contribution in [3.05, 3.63) is 70.2 Å². The Labute approximate surface area is 190 Å². The third-order valence-corrected chi connectivity index (χ3v) is 4.99. The number of hydrogen-bond acceptors (Lipinski definition) is 6. The Bertz CT molecular complexity index is 843. The van der Waals surface area contributed by atoms with Gasteiger partial charge in [-0.1, -0.05) is 46.3 Å². The van der Waals surface area contributed by atoms with Gasteiger partial charge >= 0.3 is 11.9 Å². The molecule has 1 N–H and O–H groups in total. The van der Waals surface area contributed by atoms with E-state index in [2.05, 4.69) is 26.0 Å². The number of hydroxylamine groups is 2. The molecule has 0 fully saturated rings. The maximum absolute atomic E-state index is 12.5. The minimum absolute atomic E-state index is 0.0660. The van der Waals surface area contributed by atoms with E-state index in [9.17, 15) is 14.4 Å². The highest BCUT2D eigenvalue weighted by atomic mass is 79.9. The highest BCUT2D eigenvalue weighted by Gasteiger charge is 2.20. The summed E-state index contributed by atoms with van der Waals surface area (Å²) >= 11 is 3.41. The standard InChI is InChI=1S/C23H27BrN2O5/c1-30-22(28)14-13-21(27)26(31-23(29)19-7-3-2-4-8-19)16-6-5-15-25-17-18-9-11-20(24)12-10-18/h2-4,7-12,25H,5-6,13-17H2,1H3. The summed E-state index contributed by atoms with van der Waals surface area (Å²) in [5.74, 6) is -1.53. The van der Waals surface area contributed by atoms with Gasteiger partial charge in [-0.15, -0.1) is 0 Å². The summed E-state index contributed by atoms with van der Waals surface area (Å²) < 4.78 is 5.61. The molecule has 0 saturated carbocycles. The number of methoxy groups -OCH3 is 1. The zero-order chi connectivity index (χ0) is 22.5. The largest absolute Gasteiger partial charge is 0.469 e. The lowest BCUT2D eigenvalue weighted by Crippen LogP contribution is -2.35. The first-order chi connectivity index (χ1) is 15.0. The monoisotopic (exact) mass is 490 g/mol. The second-order valence-corrected chi connectivity index (χ2v) is 7.74. The first-order valence-corrected chi connectivity index (χ1v) is 10.9. The Morgan fingerprint density at radius 2 is 1.68 bits per heavy atom. The molecule has 8 heteroatoms. The Hall–Kier alpha value is -2.71. The number of unbranched alkanes of at least 4 members (excludes halogenated alkanes) is 1. The summed E-state index contributed by atoms with van der Waals surface area (Å²) in [7, 11) is 1.27. The van der Waals surface area contributed by atoms with Gasteiger partial charge in [-0.05, 0) is 49.2 Å². The summed E-state index contributed by atoms with van der Waals surface area (Å²) in [5.41, 5.74) is 1.53. The zero-order valence-electron chi connectivity index (χ0n) is 17.5. The van der Waals surface area contributed by atoms with Crippen molar-refractivity contribution in [3.63, 3.8) is 0 Å². The van der Waals surface area contributed by atoms with Crippen molar-refractivity contribution in [3.8, 4) is 0 Å². The van der Waals surface area contributed by atoms with Crippen molar-refractivity contribution in [2.24, 2.45) is 0 Å². The van der Waals surface area contributed by atoms with Crippen LogP contribution in [0.3, 0.4) is 0 Å². The van der Waals surface area contributed by atoms with Gasteiger partial charge < -0.3 is 14.9 Å². The van der Waals surface area contributed by atoms with E-state index in [4.69, 9.17) is 4.84 Å². The van der Waals surface area contributed by atoms with Crippen molar-refractivity contribution >= 4 is 33.8 Å². The second-order valence-electron chi connectivity index (χ2n) is 6.83. The van der Waals surface area contributed by atoms with Gasteiger partial charge in [0.2, 0.25) is 0 Å². The van der Waals surface area contributed by atoms with E-state index in [1.54, 1.807) is 30.3 Å². The number of benzene rings is 2. The minimum atomic E-state index is -0.611. The van der Waals surface area contributed by atoms with Crippen molar-refractivity contribution < 1.29 is 24.0 Å². The normalized spacial score (nSPS) is 10.4. The number of nitrogens with one attached hydrogen (secondary N) is 1. The highest BCUT2D eigenvalue weighted by Crippen LogP contribution is 2.11. The van der Waals surface area contributed by atoms with E-state index >= 15 is 0 Å². The fourth-order valence-electron chi connectivity index (χ4n) is 2.72. The third-order valence-electron chi connectivity index (χ3n) is 4.46. The van der Waals surface area contributed by atoms with Crippen LogP contribution in [-0.4, -0.2) is 43.1 Å². The lowest BCUT2D eigenvalue weighted by atomic mass is 10.2. The number of ether oxygens (including phenoxy) is 1. The average molecular weight is 491 g/mol. The Morgan fingerprint density at radius 3 is 2.35 bits per heavy atom. The van der Waals surface area contributed by atoms with Crippen LogP contribution in [0, 0.1) is 0 Å². The molecule has 0 aromatic heterocycles. The van der Waals surface area contributed by atoms with E-state index in [-0.39, 0.29) is 19.4 Å². The molecule has 0 radical (unpaired) electrons. The molecule has 0 aliphatic rings. The maximum Gasteiger partial charge on any atom is 0.363 e. The quantitative estimate of drug-likeness (QED) is 0.292. The summed E-state index contributed by atoms with van der Waals surface area (Å²) in [6.45, 7) is 1.75. The SMILES string of the molecule is COC(=O)CCC(=O)N(CCCCNCc1ccc(Br)cc1)OC(=O)c1ccccc1. The van der Waals surface area contributed by atoms with Crippen LogP contribution in [-0.2, 0) is 25.7 Å². The predicted molar refractivity (Wildman–Crippen MR) is 120 cm³/mol. The number of hydrogen-bond donors (Lipinski definition) is 1. The van der Waals surface area contributed by atoms with E-state index in [1.165, 1.54) is 12.7 Å². The fraction of sp³-hybridized carbons (Fsp3) is 0.348. The average Bonchev–Trinajstić information content (AvgIpc) is 2.80. The molecule has 0 aliphatic heterocycles. The molecule has 0 atom stereocenters. The first-order valence-electron chi connectivity index (χ1n) is 10.1. The van der Waals surface area contributed by atoms with Gasteiger partial charge in [0, 0.05) is 17.4 Å². The lowest BCUT2D eigenvalue weighted by Gasteiger charge is -2.21. The van der Waals surface area contributed by atoms with Crippen LogP contribution in [0.5, 0.6) is 0 Å². The number of rotatable bonds is 11. The van der Waals surface area contributed by atoms with Crippen molar-refractivity contribution in [2.75, 3.05) is 20.2 Å². The van der Waals surface area contributed by atoms with Crippen molar-refractivity contribution in [1.29, 1.82) is 0 Å². The molecule has 166 valence electrons. The molecule has 0 bridgehead atoms. The molecule has 1 amide bonds. The van der Waals surface area contributed by atoms with Crippen molar-refractivity contribution in [1.82, 2.24) is 10.4 Å². The third kappa shape index (κ3) is 9.31. The second kappa shape index (κ2) is 13.6. The molecule has 0 heterocycles. The van der Waals surface area contributed by atoms with E-state index in [1.807, 2.05) is 24.3 Å². The minimum Gasteiger partial charge on any atom is -0.469 e.